The molecule has 4 rings (SSSR count). The Bertz CT molecular complexity index is 1140. The van der Waals surface area contributed by atoms with Crippen molar-refractivity contribution < 1.29 is 19.1 Å². The molecule has 1 aliphatic rings. The fourth-order valence-electron chi connectivity index (χ4n) is 3.12. The zero-order valence-electron chi connectivity index (χ0n) is 16.1. The summed E-state index contributed by atoms with van der Waals surface area (Å²) in [5, 5.41) is 7.69. The zero-order chi connectivity index (χ0) is 20.4. The van der Waals surface area contributed by atoms with Gasteiger partial charge in [-0.1, -0.05) is 18.2 Å². The quantitative estimate of drug-likeness (QED) is 0.656. The number of rotatable bonds is 4. The number of carbonyl (C=O) groups excluding carboxylic acids is 2. The Labute approximate surface area is 168 Å². The number of carbonyl (C=O) groups is 2. The lowest BCUT2D eigenvalue weighted by atomic mass is 10.1. The average Bonchev–Trinajstić information content (AvgIpc) is 2.72. The van der Waals surface area contributed by atoms with E-state index < -0.39 is 6.10 Å². The number of anilines is 2. The molecule has 0 unspecified atom stereocenters. The van der Waals surface area contributed by atoms with Gasteiger partial charge in [-0.25, -0.2) is 0 Å². The highest BCUT2D eigenvalue weighted by Crippen LogP contribution is 2.32. The third-order valence-corrected chi connectivity index (χ3v) is 4.68. The maximum Gasteiger partial charge on any atom is 0.265 e. The van der Waals surface area contributed by atoms with Gasteiger partial charge in [0.1, 0.15) is 11.5 Å². The van der Waals surface area contributed by atoms with Crippen molar-refractivity contribution in [2.24, 2.45) is 0 Å². The Kier molecular flexibility index (Phi) is 4.91. The second kappa shape index (κ2) is 7.67. The minimum Gasteiger partial charge on any atom is -0.497 e. The van der Waals surface area contributed by atoms with Crippen molar-refractivity contribution in [3.05, 3.63) is 66.2 Å². The lowest BCUT2D eigenvalue weighted by Gasteiger charge is -2.23. The van der Waals surface area contributed by atoms with Crippen molar-refractivity contribution in [3.63, 3.8) is 0 Å². The third-order valence-electron chi connectivity index (χ3n) is 4.68. The fourth-order valence-corrected chi connectivity index (χ4v) is 3.12. The van der Waals surface area contributed by atoms with Crippen LogP contribution in [-0.2, 0) is 9.59 Å². The summed E-state index contributed by atoms with van der Waals surface area (Å²) in [6, 6.07) is 16.9. The molecule has 6 heteroatoms. The van der Waals surface area contributed by atoms with Crippen LogP contribution in [0.5, 0.6) is 11.5 Å². The molecule has 0 bridgehead atoms. The normalized spacial score (nSPS) is 15.5. The lowest BCUT2D eigenvalue weighted by Crippen LogP contribution is -2.34. The van der Waals surface area contributed by atoms with E-state index in [9.17, 15) is 9.59 Å². The summed E-state index contributed by atoms with van der Waals surface area (Å²) in [7, 11) is 1.64. The van der Waals surface area contributed by atoms with Crippen molar-refractivity contribution in [2.45, 2.75) is 13.0 Å². The first-order valence-corrected chi connectivity index (χ1v) is 9.20. The van der Waals surface area contributed by atoms with E-state index in [1.54, 1.807) is 38.3 Å². The maximum atomic E-state index is 12.3. The van der Waals surface area contributed by atoms with Crippen LogP contribution in [0.25, 0.3) is 16.8 Å². The van der Waals surface area contributed by atoms with Crippen LogP contribution in [0.1, 0.15) is 12.5 Å². The second-order valence-electron chi connectivity index (χ2n) is 6.76. The molecule has 2 amide bonds. The molecule has 0 aliphatic carbocycles. The van der Waals surface area contributed by atoms with Gasteiger partial charge in [0.15, 0.2) is 6.10 Å². The largest absolute Gasteiger partial charge is 0.497 e. The van der Waals surface area contributed by atoms with Gasteiger partial charge in [0, 0.05) is 11.8 Å². The summed E-state index contributed by atoms with van der Waals surface area (Å²) in [6.07, 6.45) is 2.69. The van der Waals surface area contributed by atoms with Crippen molar-refractivity contribution in [1.82, 2.24) is 0 Å². The average molecular weight is 388 g/mol. The fraction of sp³-hybridized carbons (Fsp3) is 0.130. The Morgan fingerprint density at radius 3 is 2.72 bits per heavy atom. The van der Waals surface area contributed by atoms with Gasteiger partial charge < -0.3 is 20.1 Å². The monoisotopic (exact) mass is 388 g/mol. The van der Waals surface area contributed by atoms with Crippen LogP contribution < -0.4 is 20.1 Å². The van der Waals surface area contributed by atoms with Crippen LogP contribution in [0.4, 0.5) is 11.4 Å². The van der Waals surface area contributed by atoms with Gasteiger partial charge in [0.2, 0.25) is 5.91 Å². The van der Waals surface area contributed by atoms with Gasteiger partial charge in [-0.2, -0.15) is 0 Å². The first kappa shape index (κ1) is 18.6. The SMILES string of the molecule is COc1ccc2cc(/C=C/C(=O)Nc3ccc4c(c3)NC(=O)[C@H](C)O4)ccc2c1. The van der Waals surface area contributed by atoms with Crippen molar-refractivity contribution in [2.75, 3.05) is 17.7 Å². The van der Waals surface area contributed by atoms with Gasteiger partial charge in [0.05, 0.1) is 12.8 Å². The van der Waals surface area contributed by atoms with Crippen molar-refractivity contribution in [1.29, 1.82) is 0 Å². The Balaban J connectivity index is 1.46. The van der Waals surface area contributed by atoms with Crippen LogP contribution >= 0.6 is 0 Å². The van der Waals surface area contributed by atoms with E-state index in [1.165, 1.54) is 6.08 Å². The molecule has 0 spiro atoms. The van der Waals surface area contributed by atoms with Crippen molar-refractivity contribution >= 4 is 40.0 Å². The highest BCUT2D eigenvalue weighted by atomic mass is 16.5. The number of ether oxygens (including phenoxy) is 2. The minimum absolute atomic E-state index is 0.213. The molecule has 1 heterocycles. The molecule has 29 heavy (non-hydrogen) atoms. The molecule has 3 aromatic rings. The second-order valence-corrected chi connectivity index (χ2v) is 6.76. The van der Waals surface area contributed by atoms with E-state index in [2.05, 4.69) is 10.6 Å². The molecule has 1 aliphatic heterocycles. The number of methoxy groups -OCH3 is 1. The number of hydrogen-bond donors (Lipinski definition) is 2. The van der Waals surface area contributed by atoms with Crippen LogP contribution in [0.3, 0.4) is 0 Å². The molecular weight excluding hydrogens is 368 g/mol. The summed E-state index contributed by atoms with van der Waals surface area (Å²) in [5.74, 6) is 0.908. The summed E-state index contributed by atoms with van der Waals surface area (Å²) in [6.45, 7) is 1.68. The molecule has 0 saturated heterocycles. The Morgan fingerprint density at radius 2 is 1.90 bits per heavy atom. The molecule has 0 saturated carbocycles. The van der Waals surface area contributed by atoms with Gasteiger partial charge in [-0.3, -0.25) is 9.59 Å². The van der Waals surface area contributed by atoms with Gasteiger partial charge in [-0.15, -0.1) is 0 Å². The van der Waals surface area contributed by atoms with E-state index in [4.69, 9.17) is 9.47 Å². The Hall–Kier alpha value is -3.80. The molecule has 146 valence electrons. The predicted molar refractivity (Wildman–Crippen MR) is 113 cm³/mol. The predicted octanol–water partition coefficient (Wildman–Crippen LogP) is 4.22. The van der Waals surface area contributed by atoms with E-state index in [1.807, 2.05) is 36.4 Å². The maximum absolute atomic E-state index is 12.3. The first-order chi connectivity index (χ1) is 14.0. The van der Waals surface area contributed by atoms with E-state index in [0.29, 0.717) is 17.1 Å². The standard InChI is InChI=1S/C23H20N2O4/c1-14-23(27)25-20-13-18(7-9-21(20)29-14)24-22(26)10-4-15-3-5-17-12-19(28-2)8-6-16(17)11-15/h3-14H,1-2H3,(H,24,26)(H,25,27)/b10-4+/t14-/m0/s1. The molecule has 0 fully saturated rings. The molecule has 6 nitrogen and oxygen atoms in total. The summed E-state index contributed by atoms with van der Waals surface area (Å²) in [5.41, 5.74) is 2.03. The number of amides is 2. The van der Waals surface area contributed by atoms with E-state index in [0.717, 1.165) is 22.1 Å². The first-order valence-electron chi connectivity index (χ1n) is 9.20. The number of hydrogen-bond acceptors (Lipinski definition) is 4. The van der Waals surface area contributed by atoms with Crippen molar-refractivity contribution in [3.8, 4) is 11.5 Å². The minimum atomic E-state index is -0.533. The lowest BCUT2D eigenvalue weighted by molar-refractivity contribution is -0.122. The Morgan fingerprint density at radius 1 is 1.10 bits per heavy atom. The number of nitrogens with one attached hydrogen (secondary N) is 2. The smallest absolute Gasteiger partial charge is 0.265 e. The summed E-state index contributed by atoms with van der Waals surface area (Å²) in [4.78, 5) is 24.0. The summed E-state index contributed by atoms with van der Waals surface area (Å²) < 4.78 is 10.7. The highest BCUT2D eigenvalue weighted by molar-refractivity contribution is 6.03. The van der Waals surface area contributed by atoms with Crippen LogP contribution in [0, 0.1) is 0 Å². The number of benzene rings is 3. The van der Waals surface area contributed by atoms with E-state index in [-0.39, 0.29) is 11.8 Å². The van der Waals surface area contributed by atoms with Gasteiger partial charge in [0.25, 0.3) is 5.91 Å². The molecule has 0 radical (unpaired) electrons. The molecule has 3 aromatic carbocycles. The zero-order valence-corrected chi connectivity index (χ0v) is 16.1. The van der Waals surface area contributed by atoms with Crippen LogP contribution in [0.15, 0.2) is 60.7 Å². The van der Waals surface area contributed by atoms with Gasteiger partial charge in [-0.05, 0) is 65.7 Å². The third kappa shape index (κ3) is 4.06. The van der Waals surface area contributed by atoms with Crippen LogP contribution in [0.2, 0.25) is 0 Å². The molecule has 0 aromatic heterocycles. The van der Waals surface area contributed by atoms with Gasteiger partial charge >= 0.3 is 0 Å². The van der Waals surface area contributed by atoms with Crippen LogP contribution in [-0.4, -0.2) is 25.0 Å². The molecule has 2 N–H and O–H groups in total. The highest BCUT2D eigenvalue weighted by Gasteiger charge is 2.23. The topological polar surface area (TPSA) is 76.7 Å². The summed E-state index contributed by atoms with van der Waals surface area (Å²) >= 11 is 0. The van der Waals surface area contributed by atoms with E-state index >= 15 is 0 Å². The molecular formula is C23H20N2O4. The number of fused-ring (bicyclic) bond motifs is 2. The molecule has 1 atom stereocenters.